The van der Waals surface area contributed by atoms with E-state index in [1.165, 1.54) is 45.5 Å². The van der Waals surface area contributed by atoms with Crippen LogP contribution in [0.2, 0.25) is 0 Å². The Morgan fingerprint density at radius 2 is 1.38 bits per heavy atom. The maximum atomic E-state index is 13.3. The van der Waals surface area contributed by atoms with Crippen LogP contribution in [0.3, 0.4) is 0 Å². The predicted molar refractivity (Wildman–Crippen MR) is 170 cm³/mol. The summed E-state index contributed by atoms with van der Waals surface area (Å²) < 4.78 is 18.6. The molecule has 0 amide bonds. The van der Waals surface area contributed by atoms with E-state index in [4.69, 9.17) is 4.74 Å². The van der Waals surface area contributed by atoms with Gasteiger partial charge in [0.15, 0.2) is 0 Å². The lowest BCUT2D eigenvalue weighted by Crippen LogP contribution is -2.18. The van der Waals surface area contributed by atoms with Crippen LogP contribution in [0.1, 0.15) is 70.2 Å². The van der Waals surface area contributed by atoms with Gasteiger partial charge in [-0.2, -0.15) is 0 Å². The molecule has 4 aromatic rings. The number of ether oxygens (including phenoxy) is 1. The highest BCUT2D eigenvalue weighted by atomic mass is 19.1. The van der Waals surface area contributed by atoms with E-state index in [-0.39, 0.29) is 5.82 Å². The van der Waals surface area contributed by atoms with Gasteiger partial charge >= 0.3 is 0 Å². The number of aromatic hydroxyl groups is 1. The molecule has 3 N–H and O–H groups in total. The van der Waals surface area contributed by atoms with Crippen molar-refractivity contribution >= 4 is 0 Å². The predicted octanol–water partition coefficient (Wildman–Crippen LogP) is 6.91. The Labute approximate surface area is 250 Å². The average Bonchev–Trinajstić information content (AvgIpc) is 3.28. The summed E-state index contributed by atoms with van der Waals surface area (Å²) in [5.41, 5.74) is 9.96. The lowest BCUT2D eigenvalue weighted by atomic mass is 9.91. The Balaban J connectivity index is 0.000000168. The van der Waals surface area contributed by atoms with Gasteiger partial charge in [0.2, 0.25) is 0 Å². The summed E-state index contributed by atoms with van der Waals surface area (Å²) in [6.07, 6.45) is 3.59. The van der Waals surface area contributed by atoms with E-state index in [0.29, 0.717) is 24.0 Å². The molecule has 2 heterocycles. The molecule has 0 saturated heterocycles. The molecule has 2 aliphatic rings. The van der Waals surface area contributed by atoms with Crippen molar-refractivity contribution in [3.8, 4) is 11.5 Å². The van der Waals surface area contributed by atoms with Gasteiger partial charge in [-0.15, -0.1) is 0 Å². The molecule has 0 saturated carbocycles. The van der Waals surface area contributed by atoms with Crippen LogP contribution in [0.25, 0.3) is 0 Å². The molecule has 0 spiro atoms. The molecule has 42 heavy (non-hydrogen) atoms. The van der Waals surface area contributed by atoms with Crippen LogP contribution in [0, 0.1) is 5.82 Å². The Kier molecular flexibility index (Phi) is 9.93. The number of rotatable bonds is 5. The van der Waals surface area contributed by atoms with Crippen LogP contribution < -0.4 is 15.4 Å². The number of hydrogen-bond acceptors (Lipinski definition) is 4. The van der Waals surface area contributed by atoms with Crippen molar-refractivity contribution in [3.63, 3.8) is 0 Å². The molecule has 4 nitrogen and oxygen atoms in total. The number of fused-ring (bicyclic) bond motifs is 2. The van der Waals surface area contributed by atoms with Crippen molar-refractivity contribution in [1.82, 2.24) is 10.6 Å². The van der Waals surface area contributed by atoms with Crippen LogP contribution in [0.4, 0.5) is 4.39 Å². The van der Waals surface area contributed by atoms with Gasteiger partial charge in [-0.05, 0) is 119 Å². The minimum absolute atomic E-state index is 0.237. The van der Waals surface area contributed by atoms with E-state index in [1.807, 2.05) is 18.2 Å². The third-order valence-electron chi connectivity index (χ3n) is 8.48. The first-order chi connectivity index (χ1) is 20.4. The summed E-state index contributed by atoms with van der Waals surface area (Å²) in [5.74, 6) is 2.02. The van der Waals surface area contributed by atoms with Crippen LogP contribution in [0.5, 0.6) is 11.5 Å². The highest BCUT2D eigenvalue weighted by Gasteiger charge is 2.18. The molecule has 2 unspecified atom stereocenters. The molecule has 0 bridgehead atoms. The van der Waals surface area contributed by atoms with Gasteiger partial charge in [0.1, 0.15) is 17.3 Å². The second-order valence-corrected chi connectivity index (χ2v) is 11.8. The van der Waals surface area contributed by atoms with Crippen molar-refractivity contribution < 1.29 is 14.2 Å². The maximum absolute atomic E-state index is 13.3. The first kappa shape index (κ1) is 29.8. The number of hydrogen-bond donors (Lipinski definition) is 3. The highest BCUT2D eigenvalue weighted by molar-refractivity contribution is 5.46. The van der Waals surface area contributed by atoms with Crippen molar-refractivity contribution in [2.75, 3.05) is 33.3 Å². The fourth-order valence-corrected chi connectivity index (χ4v) is 6.14. The molecule has 2 aliphatic heterocycles. The summed E-state index contributed by atoms with van der Waals surface area (Å²) in [5, 5.41) is 17.2. The maximum Gasteiger partial charge on any atom is 0.123 e. The molecule has 0 aliphatic carbocycles. The van der Waals surface area contributed by atoms with E-state index in [9.17, 15) is 9.50 Å². The topological polar surface area (TPSA) is 53.5 Å². The molecule has 0 fully saturated rings. The smallest absolute Gasteiger partial charge is 0.123 e. The van der Waals surface area contributed by atoms with Crippen molar-refractivity contribution in [3.05, 3.63) is 129 Å². The highest BCUT2D eigenvalue weighted by Crippen LogP contribution is 2.31. The normalized spacial score (nSPS) is 18.0. The van der Waals surface area contributed by atoms with Gasteiger partial charge in [-0.1, -0.05) is 62.4 Å². The van der Waals surface area contributed by atoms with Crippen LogP contribution in [-0.2, 0) is 25.7 Å². The van der Waals surface area contributed by atoms with Crippen LogP contribution in [0.15, 0.2) is 78.9 Å². The lowest BCUT2D eigenvalue weighted by molar-refractivity contribution is 0.414. The van der Waals surface area contributed by atoms with Crippen LogP contribution in [-0.4, -0.2) is 38.4 Å². The van der Waals surface area contributed by atoms with Gasteiger partial charge < -0.3 is 20.5 Å². The summed E-state index contributed by atoms with van der Waals surface area (Å²) in [6, 6.07) is 25.9. The minimum Gasteiger partial charge on any atom is -0.508 e. The number of phenols is 1. The summed E-state index contributed by atoms with van der Waals surface area (Å²) in [4.78, 5) is 0. The second kappa shape index (κ2) is 14.0. The zero-order chi connectivity index (χ0) is 29.5. The van der Waals surface area contributed by atoms with Gasteiger partial charge in [-0.25, -0.2) is 4.39 Å². The quantitative estimate of drug-likeness (QED) is 0.246. The van der Waals surface area contributed by atoms with E-state index >= 15 is 0 Å². The van der Waals surface area contributed by atoms with Gasteiger partial charge in [0, 0.05) is 19.5 Å². The van der Waals surface area contributed by atoms with E-state index < -0.39 is 0 Å². The third-order valence-corrected chi connectivity index (χ3v) is 8.48. The van der Waals surface area contributed by atoms with E-state index in [0.717, 1.165) is 62.3 Å². The Hall–Kier alpha value is -3.67. The molecular weight excluding hydrogens is 523 g/mol. The number of benzene rings is 4. The zero-order valence-electron chi connectivity index (χ0n) is 25.1. The average molecular weight is 567 g/mol. The molecule has 0 radical (unpaired) electrons. The molecule has 0 aromatic heterocycles. The van der Waals surface area contributed by atoms with Crippen molar-refractivity contribution in [1.29, 1.82) is 0 Å². The number of methoxy groups -OCH3 is 1. The number of phenolic OH excluding ortho intramolecular Hbond substituents is 1. The molecule has 4 aromatic carbocycles. The van der Waals surface area contributed by atoms with E-state index in [2.05, 4.69) is 66.9 Å². The Bertz CT molecular complexity index is 1500. The largest absolute Gasteiger partial charge is 0.508 e. The van der Waals surface area contributed by atoms with Gasteiger partial charge in [0.05, 0.1) is 7.11 Å². The van der Waals surface area contributed by atoms with Crippen LogP contribution >= 0.6 is 0 Å². The molecule has 5 heteroatoms. The second-order valence-electron chi connectivity index (χ2n) is 11.8. The minimum atomic E-state index is -0.237. The zero-order valence-corrected chi connectivity index (χ0v) is 25.1. The standard InChI is InChI=1S/C19H23NO.C18H20FNO/c1-14-13-20-9-8-17-7-6-16(12-19(14)17)10-15-4-3-5-18(11-15)21-2;1-12-11-20-6-5-14-10-18(21)15(9-17(12)14)7-13-3-2-4-16(19)8-13/h3-7,11-12,14,20H,8-10,13H2,1-2H3;2-4,8-10,12,20-21H,5-7,11H2,1H3. The Morgan fingerprint density at radius 1 is 0.738 bits per heavy atom. The number of nitrogens with one attached hydrogen (secondary N) is 2. The number of halogens is 1. The fourth-order valence-electron chi connectivity index (χ4n) is 6.14. The van der Waals surface area contributed by atoms with Gasteiger partial charge in [-0.3, -0.25) is 0 Å². The summed E-state index contributed by atoms with van der Waals surface area (Å²) in [6.45, 7) is 8.58. The van der Waals surface area contributed by atoms with Crippen molar-refractivity contribution in [2.45, 2.75) is 51.4 Å². The summed E-state index contributed by atoms with van der Waals surface area (Å²) in [7, 11) is 1.72. The first-order valence-corrected chi connectivity index (χ1v) is 15.1. The SMILES string of the molecule is CC1CNCCc2cc(O)c(Cc3cccc(F)c3)cc21.COc1cccc(Cc2ccc3c(c2)C(C)CNCC3)c1. The molecule has 6 rings (SSSR count). The lowest BCUT2D eigenvalue weighted by Gasteiger charge is -2.15. The molecular formula is C37H43FN2O2. The summed E-state index contributed by atoms with van der Waals surface area (Å²) >= 11 is 0. The first-order valence-electron chi connectivity index (χ1n) is 15.1. The van der Waals surface area contributed by atoms with Crippen molar-refractivity contribution in [2.24, 2.45) is 0 Å². The van der Waals surface area contributed by atoms with E-state index in [1.54, 1.807) is 13.2 Å². The third kappa shape index (κ3) is 7.58. The molecule has 2 atom stereocenters. The molecule has 220 valence electrons. The van der Waals surface area contributed by atoms with Gasteiger partial charge in [0.25, 0.3) is 0 Å². The fraction of sp³-hybridized carbons (Fsp3) is 0.351. The monoisotopic (exact) mass is 566 g/mol. The Morgan fingerprint density at radius 3 is 2.10 bits per heavy atom.